The van der Waals surface area contributed by atoms with Crippen LogP contribution in [-0.2, 0) is 12.8 Å². The Hall–Kier alpha value is -1.02. The molecule has 0 radical (unpaired) electrons. The maximum Gasteiger partial charge on any atom is 0.125 e. The summed E-state index contributed by atoms with van der Waals surface area (Å²) in [5.41, 5.74) is 3.85. The fourth-order valence-corrected chi connectivity index (χ4v) is 2.60. The number of rotatable bonds is 0. The Morgan fingerprint density at radius 1 is 1.13 bits per heavy atom. The van der Waals surface area contributed by atoms with Gasteiger partial charge in [0, 0.05) is 12.0 Å². The van der Waals surface area contributed by atoms with Gasteiger partial charge in [-0.15, -0.1) is 0 Å². The summed E-state index contributed by atoms with van der Waals surface area (Å²) < 4.78 is 5.60. The number of aliphatic hydroxyl groups is 1. The topological polar surface area (TPSA) is 29.5 Å². The summed E-state index contributed by atoms with van der Waals surface area (Å²) in [5.74, 6) is 0.911. The van der Waals surface area contributed by atoms with Crippen LogP contribution in [0.15, 0.2) is 12.1 Å². The van der Waals surface area contributed by atoms with Crippen LogP contribution >= 0.6 is 0 Å². The van der Waals surface area contributed by atoms with Crippen LogP contribution in [0.5, 0.6) is 5.75 Å². The van der Waals surface area contributed by atoms with E-state index in [-0.39, 0.29) is 6.10 Å². The van der Waals surface area contributed by atoms with Crippen LogP contribution in [0.25, 0.3) is 0 Å². The van der Waals surface area contributed by atoms with Gasteiger partial charge >= 0.3 is 0 Å². The lowest BCUT2D eigenvalue weighted by Gasteiger charge is -2.26. The minimum Gasteiger partial charge on any atom is -0.493 e. The second-order valence-corrected chi connectivity index (χ2v) is 4.52. The van der Waals surface area contributed by atoms with Crippen molar-refractivity contribution in [2.24, 2.45) is 0 Å². The van der Waals surface area contributed by atoms with Crippen LogP contribution < -0.4 is 4.74 Å². The molecule has 2 heteroatoms. The SMILES string of the molecule is OC1CCOc2cc3c(cc21)CCCC3. The van der Waals surface area contributed by atoms with E-state index in [1.165, 1.54) is 30.4 Å². The third-order valence-electron chi connectivity index (χ3n) is 3.48. The first-order chi connectivity index (χ1) is 7.34. The van der Waals surface area contributed by atoms with E-state index in [1.54, 1.807) is 0 Å². The van der Waals surface area contributed by atoms with E-state index in [9.17, 15) is 5.11 Å². The molecule has 1 atom stereocenters. The molecule has 3 rings (SSSR count). The fourth-order valence-electron chi connectivity index (χ4n) is 2.60. The molecular weight excluding hydrogens is 188 g/mol. The second-order valence-electron chi connectivity index (χ2n) is 4.52. The summed E-state index contributed by atoms with van der Waals surface area (Å²) >= 11 is 0. The van der Waals surface area contributed by atoms with Gasteiger partial charge in [0.2, 0.25) is 0 Å². The Kier molecular flexibility index (Phi) is 2.17. The molecule has 0 amide bonds. The molecule has 0 spiro atoms. The maximum absolute atomic E-state index is 9.88. The smallest absolute Gasteiger partial charge is 0.125 e. The molecule has 15 heavy (non-hydrogen) atoms. The Balaban J connectivity index is 2.08. The average Bonchev–Trinajstić information content (AvgIpc) is 2.27. The molecule has 1 aromatic carbocycles. The molecule has 1 aliphatic heterocycles. The normalized spacial score (nSPS) is 23.9. The number of ether oxygens (including phenoxy) is 1. The maximum atomic E-state index is 9.88. The summed E-state index contributed by atoms with van der Waals surface area (Å²) in [6.45, 7) is 0.646. The van der Waals surface area contributed by atoms with Crippen LogP contribution in [0, 0.1) is 0 Å². The standard InChI is InChI=1S/C13H16O2/c14-12-5-6-15-13-8-10-4-2-1-3-9(10)7-11(12)13/h7-8,12,14H,1-6H2. The quantitative estimate of drug-likeness (QED) is 0.703. The van der Waals surface area contributed by atoms with E-state index in [4.69, 9.17) is 4.74 Å². The van der Waals surface area contributed by atoms with Gasteiger partial charge in [-0.3, -0.25) is 0 Å². The highest BCUT2D eigenvalue weighted by molar-refractivity contribution is 5.45. The molecule has 0 fully saturated rings. The lowest BCUT2D eigenvalue weighted by Crippen LogP contribution is -2.15. The van der Waals surface area contributed by atoms with Crippen molar-refractivity contribution in [1.82, 2.24) is 0 Å². The number of hydrogen-bond acceptors (Lipinski definition) is 2. The zero-order valence-electron chi connectivity index (χ0n) is 8.83. The minimum atomic E-state index is -0.319. The van der Waals surface area contributed by atoms with E-state index >= 15 is 0 Å². The molecule has 0 bridgehead atoms. The summed E-state index contributed by atoms with van der Waals surface area (Å²) in [6, 6.07) is 4.31. The Labute approximate surface area is 89.9 Å². The molecule has 0 saturated carbocycles. The van der Waals surface area contributed by atoms with Crippen LogP contribution in [0.1, 0.15) is 42.1 Å². The van der Waals surface area contributed by atoms with Crippen LogP contribution in [-0.4, -0.2) is 11.7 Å². The predicted molar refractivity (Wildman–Crippen MR) is 58.2 cm³/mol. The highest BCUT2D eigenvalue weighted by Gasteiger charge is 2.22. The zero-order chi connectivity index (χ0) is 10.3. The van der Waals surface area contributed by atoms with Crippen LogP contribution in [0.3, 0.4) is 0 Å². The minimum absolute atomic E-state index is 0.319. The number of hydrogen-bond donors (Lipinski definition) is 1. The van der Waals surface area contributed by atoms with Gasteiger partial charge in [-0.05, 0) is 48.9 Å². The first kappa shape index (κ1) is 9.22. The monoisotopic (exact) mass is 204 g/mol. The number of benzene rings is 1. The van der Waals surface area contributed by atoms with Gasteiger partial charge < -0.3 is 9.84 Å². The van der Waals surface area contributed by atoms with Crippen molar-refractivity contribution < 1.29 is 9.84 Å². The third-order valence-corrected chi connectivity index (χ3v) is 3.48. The highest BCUT2D eigenvalue weighted by atomic mass is 16.5. The molecule has 1 heterocycles. The van der Waals surface area contributed by atoms with Crippen LogP contribution in [0.2, 0.25) is 0 Å². The molecule has 1 N–H and O–H groups in total. The Morgan fingerprint density at radius 3 is 2.67 bits per heavy atom. The summed E-state index contributed by atoms with van der Waals surface area (Å²) in [4.78, 5) is 0. The number of fused-ring (bicyclic) bond motifs is 2. The third kappa shape index (κ3) is 1.53. The molecule has 2 nitrogen and oxygen atoms in total. The zero-order valence-corrected chi connectivity index (χ0v) is 8.83. The van der Waals surface area contributed by atoms with Crippen molar-refractivity contribution in [3.05, 3.63) is 28.8 Å². The van der Waals surface area contributed by atoms with Crippen molar-refractivity contribution >= 4 is 0 Å². The lowest BCUT2D eigenvalue weighted by molar-refractivity contribution is 0.115. The Bertz CT molecular complexity index is 384. The van der Waals surface area contributed by atoms with Gasteiger partial charge in [-0.2, -0.15) is 0 Å². The molecular formula is C13H16O2. The summed E-state index contributed by atoms with van der Waals surface area (Å²) in [6.07, 6.45) is 5.31. The molecule has 1 aliphatic carbocycles. The average molecular weight is 204 g/mol. The van der Waals surface area contributed by atoms with E-state index in [2.05, 4.69) is 12.1 Å². The lowest BCUT2D eigenvalue weighted by atomic mass is 9.88. The predicted octanol–water partition coefficient (Wildman–Crippen LogP) is 2.38. The van der Waals surface area contributed by atoms with E-state index < -0.39 is 0 Å². The summed E-state index contributed by atoms with van der Waals surface area (Å²) in [5, 5.41) is 9.88. The first-order valence-electron chi connectivity index (χ1n) is 5.81. The Morgan fingerprint density at radius 2 is 1.87 bits per heavy atom. The van der Waals surface area contributed by atoms with Gasteiger partial charge in [0.15, 0.2) is 0 Å². The fraction of sp³-hybridized carbons (Fsp3) is 0.538. The second kappa shape index (κ2) is 3.53. The molecule has 0 saturated heterocycles. The number of aliphatic hydroxyl groups excluding tert-OH is 1. The van der Waals surface area contributed by atoms with Crippen molar-refractivity contribution in [3.8, 4) is 5.75 Å². The van der Waals surface area contributed by atoms with Crippen molar-refractivity contribution in [2.45, 2.75) is 38.2 Å². The summed E-state index contributed by atoms with van der Waals surface area (Å²) in [7, 11) is 0. The van der Waals surface area contributed by atoms with Crippen molar-refractivity contribution in [2.75, 3.05) is 6.61 Å². The molecule has 2 aliphatic rings. The van der Waals surface area contributed by atoms with Gasteiger partial charge in [0.1, 0.15) is 5.75 Å². The molecule has 0 aromatic heterocycles. The van der Waals surface area contributed by atoms with Gasteiger partial charge in [0.05, 0.1) is 12.7 Å². The molecule has 1 aromatic rings. The van der Waals surface area contributed by atoms with Crippen molar-refractivity contribution in [1.29, 1.82) is 0 Å². The number of aryl methyl sites for hydroxylation is 2. The van der Waals surface area contributed by atoms with E-state index in [0.717, 1.165) is 24.2 Å². The molecule has 1 unspecified atom stereocenters. The van der Waals surface area contributed by atoms with Crippen LogP contribution in [0.4, 0.5) is 0 Å². The van der Waals surface area contributed by atoms with E-state index in [0.29, 0.717) is 6.61 Å². The largest absolute Gasteiger partial charge is 0.493 e. The highest BCUT2D eigenvalue weighted by Crippen LogP contribution is 2.36. The first-order valence-corrected chi connectivity index (χ1v) is 5.81. The van der Waals surface area contributed by atoms with Gasteiger partial charge in [0.25, 0.3) is 0 Å². The molecule has 80 valence electrons. The van der Waals surface area contributed by atoms with Gasteiger partial charge in [-0.1, -0.05) is 0 Å². The van der Waals surface area contributed by atoms with Crippen molar-refractivity contribution in [3.63, 3.8) is 0 Å². The van der Waals surface area contributed by atoms with E-state index in [1.807, 2.05) is 0 Å². The van der Waals surface area contributed by atoms with Gasteiger partial charge in [-0.25, -0.2) is 0 Å².